The van der Waals surface area contributed by atoms with Crippen molar-refractivity contribution in [2.24, 2.45) is 0 Å². The number of aromatic nitrogens is 3. The summed E-state index contributed by atoms with van der Waals surface area (Å²) in [6.45, 7) is 6.48. The predicted molar refractivity (Wildman–Crippen MR) is 72.7 cm³/mol. The lowest BCUT2D eigenvalue weighted by atomic mass is 10.2. The average Bonchev–Trinajstić information content (AvgIpc) is 2.85. The average molecular weight is 263 g/mol. The molecule has 0 bridgehead atoms. The SMILES string of the molecule is CCCC(=O)Cn1cc(-c2sc(C)cc2C)nn1. The molecule has 0 fully saturated rings. The molecule has 2 rings (SSSR count). The Hall–Kier alpha value is -1.49. The van der Waals surface area contributed by atoms with Crippen LogP contribution in [0.4, 0.5) is 0 Å². The second-order valence-electron chi connectivity index (χ2n) is 4.46. The Morgan fingerprint density at radius 2 is 2.22 bits per heavy atom. The van der Waals surface area contributed by atoms with Crippen molar-refractivity contribution in [3.63, 3.8) is 0 Å². The molecule has 0 saturated carbocycles. The molecular formula is C13H17N3OS. The van der Waals surface area contributed by atoms with Crippen molar-refractivity contribution in [2.45, 2.75) is 40.2 Å². The molecule has 0 aromatic carbocycles. The highest BCUT2D eigenvalue weighted by Gasteiger charge is 2.11. The van der Waals surface area contributed by atoms with Gasteiger partial charge in [-0.15, -0.1) is 16.4 Å². The van der Waals surface area contributed by atoms with Gasteiger partial charge in [-0.25, -0.2) is 4.68 Å². The molecule has 18 heavy (non-hydrogen) atoms. The van der Waals surface area contributed by atoms with Gasteiger partial charge in [0.25, 0.3) is 0 Å². The summed E-state index contributed by atoms with van der Waals surface area (Å²) in [4.78, 5) is 13.9. The Morgan fingerprint density at radius 3 is 2.83 bits per heavy atom. The van der Waals surface area contributed by atoms with E-state index in [9.17, 15) is 4.79 Å². The summed E-state index contributed by atoms with van der Waals surface area (Å²) in [7, 11) is 0. The van der Waals surface area contributed by atoms with E-state index in [4.69, 9.17) is 0 Å². The number of hydrogen-bond acceptors (Lipinski definition) is 4. The van der Waals surface area contributed by atoms with E-state index in [1.54, 1.807) is 16.0 Å². The quantitative estimate of drug-likeness (QED) is 0.833. The summed E-state index contributed by atoms with van der Waals surface area (Å²) in [5.74, 6) is 0.202. The lowest BCUT2D eigenvalue weighted by Crippen LogP contribution is -2.09. The highest BCUT2D eigenvalue weighted by molar-refractivity contribution is 7.15. The number of aryl methyl sites for hydroxylation is 2. The number of carbonyl (C=O) groups excluding carboxylic acids is 1. The number of nitrogens with zero attached hydrogens (tertiary/aromatic N) is 3. The van der Waals surface area contributed by atoms with Gasteiger partial charge in [0, 0.05) is 11.3 Å². The summed E-state index contributed by atoms with van der Waals surface area (Å²) in [5, 5.41) is 8.16. The number of ketones is 1. The molecule has 0 N–H and O–H groups in total. The highest BCUT2D eigenvalue weighted by Crippen LogP contribution is 2.30. The van der Waals surface area contributed by atoms with Crippen LogP contribution in [0.1, 0.15) is 30.2 Å². The molecule has 0 saturated heterocycles. The largest absolute Gasteiger partial charge is 0.298 e. The van der Waals surface area contributed by atoms with Crippen molar-refractivity contribution in [1.82, 2.24) is 15.0 Å². The van der Waals surface area contributed by atoms with Crippen LogP contribution >= 0.6 is 11.3 Å². The molecule has 0 aliphatic rings. The Kier molecular flexibility index (Phi) is 3.91. The molecule has 0 aliphatic heterocycles. The summed E-state index contributed by atoms with van der Waals surface area (Å²) >= 11 is 1.71. The van der Waals surface area contributed by atoms with E-state index >= 15 is 0 Å². The van der Waals surface area contributed by atoms with Gasteiger partial charge in [-0.05, 0) is 31.9 Å². The monoisotopic (exact) mass is 263 g/mol. The molecule has 2 heterocycles. The van der Waals surface area contributed by atoms with Gasteiger partial charge in [0.1, 0.15) is 12.2 Å². The number of rotatable bonds is 5. The molecule has 0 radical (unpaired) electrons. The van der Waals surface area contributed by atoms with Crippen LogP contribution in [-0.4, -0.2) is 20.8 Å². The normalized spacial score (nSPS) is 10.8. The van der Waals surface area contributed by atoms with Crippen LogP contribution < -0.4 is 0 Å². The minimum Gasteiger partial charge on any atom is -0.298 e. The molecule has 96 valence electrons. The van der Waals surface area contributed by atoms with Crippen molar-refractivity contribution in [2.75, 3.05) is 0 Å². The number of thiophene rings is 1. The molecular weight excluding hydrogens is 246 g/mol. The summed E-state index contributed by atoms with van der Waals surface area (Å²) < 4.78 is 1.63. The molecule has 0 spiro atoms. The molecule has 0 unspecified atom stereocenters. The lowest BCUT2D eigenvalue weighted by Gasteiger charge is -1.97. The molecule has 0 aliphatic carbocycles. The van der Waals surface area contributed by atoms with E-state index in [-0.39, 0.29) is 5.78 Å². The van der Waals surface area contributed by atoms with Crippen molar-refractivity contribution < 1.29 is 4.79 Å². The van der Waals surface area contributed by atoms with Crippen molar-refractivity contribution in [3.8, 4) is 10.6 Å². The molecule has 5 heteroatoms. The van der Waals surface area contributed by atoms with Crippen LogP contribution in [0, 0.1) is 13.8 Å². The molecule has 2 aromatic heterocycles. The summed E-state index contributed by atoms with van der Waals surface area (Å²) in [5.41, 5.74) is 2.07. The van der Waals surface area contributed by atoms with Gasteiger partial charge in [0.15, 0.2) is 5.78 Å². The van der Waals surface area contributed by atoms with Crippen LogP contribution in [0.15, 0.2) is 12.3 Å². The van der Waals surface area contributed by atoms with Gasteiger partial charge in [0.2, 0.25) is 0 Å². The maximum atomic E-state index is 11.5. The second kappa shape index (κ2) is 5.44. The summed E-state index contributed by atoms with van der Waals surface area (Å²) in [6.07, 6.45) is 3.34. The van der Waals surface area contributed by atoms with Crippen molar-refractivity contribution in [1.29, 1.82) is 0 Å². The zero-order chi connectivity index (χ0) is 13.1. The molecule has 0 amide bonds. The van der Waals surface area contributed by atoms with E-state index in [0.29, 0.717) is 13.0 Å². The second-order valence-corrected chi connectivity index (χ2v) is 5.72. The molecule has 2 aromatic rings. The first-order chi connectivity index (χ1) is 8.60. The van der Waals surface area contributed by atoms with Crippen LogP contribution in [0.3, 0.4) is 0 Å². The minimum absolute atomic E-state index is 0.202. The lowest BCUT2D eigenvalue weighted by molar-refractivity contribution is -0.119. The van der Waals surface area contributed by atoms with Crippen molar-refractivity contribution >= 4 is 17.1 Å². The van der Waals surface area contributed by atoms with Crippen LogP contribution in [-0.2, 0) is 11.3 Å². The fourth-order valence-electron chi connectivity index (χ4n) is 1.91. The Balaban J connectivity index is 2.15. The van der Waals surface area contributed by atoms with Gasteiger partial charge in [-0.1, -0.05) is 12.1 Å². The third-order valence-electron chi connectivity index (χ3n) is 2.68. The van der Waals surface area contributed by atoms with Crippen LogP contribution in [0.5, 0.6) is 0 Å². The van der Waals surface area contributed by atoms with Crippen LogP contribution in [0.2, 0.25) is 0 Å². The van der Waals surface area contributed by atoms with Gasteiger partial charge in [-0.2, -0.15) is 0 Å². The number of Topliss-reactive ketones (excluding diaryl/α,β-unsaturated/α-hetero) is 1. The van der Waals surface area contributed by atoms with E-state index in [1.165, 1.54) is 10.4 Å². The number of hydrogen-bond donors (Lipinski definition) is 0. The predicted octanol–water partition coefficient (Wildman–Crippen LogP) is 2.99. The van der Waals surface area contributed by atoms with Gasteiger partial charge < -0.3 is 0 Å². The van der Waals surface area contributed by atoms with E-state index in [0.717, 1.165) is 17.0 Å². The first-order valence-electron chi connectivity index (χ1n) is 6.09. The van der Waals surface area contributed by atoms with Crippen LogP contribution in [0.25, 0.3) is 10.6 Å². The molecule has 4 nitrogen and oxygen atoms in total. The third-order valence-corrected chi connectivity index (χ3v) is 3.85. The fraction of sp³-hybridized carbons (Fsp3) is 0.462. The zero-order valence-corrected chi connectivity index (χ0v) is 11.8. The third kappa shape index (κ3) is 2.85. The van der Waals surface area contributed by atoms with E-state index < -0.39 is 0 Å². The Morgan fingerprint density at radius 1 is 1.44 bits per heavy atom. The molecule has 0 atom stereocenters. The maximum absolute atomic E-state index is 11.5. The number of carbonyl (C=O) groups is 1. The zero-order valence-electron chi connectivity index (χ0n) is 10.9. The first-order valence-corrected chi connectivity index (χ1v) is 6.91. The highest BCUT2D eigenvalue weighted by atomic mass is 32.1. The fourth-order valence-corrected chi connectivity index (χ4v) is 2.89. The van der Waals surface area contributed by atoms with Gasteiger partial charge in [-0.3, -0.25) is 4.79 Å². The maximum Gasteiger partial charge on any atom is 0.154 e. The van der Waals surface area contributed by atoms with Gasteiger partial charge in [0.05, 0.1) is 11.1 Å². The Labute approximate surface area is 111 Å². The standard InChI is InChI=1S/C13H17N3OS/c1-4-5-11(17)7-16-8-12(14-15-16)13-9(2)6-10(3)18-13/h6,8H,4-5,7H2,1-3H3. The Bertz CT molecular complexity index is 556. The van der Waals surface area contributed by atoms with E-state index in [2.05, 4.69) is 30.2 Å². The van der Waals surface area contributed by atoms with Gasteiger partial charge >= 0.3 is 0 Å². The van der Waals surface area contributed by atoms with Crippen molar-refractivity contribution in [3.05, 3.63) is 22.7 Å². The smallest absolute Gasteiger partial charge is 0.154 e. The first kappa shape index (κ1) is 13.0. The van der Waals surface area contributed by atoms with E-state index in [1.807, 2.05) is 13.1 Å². The topological polar surface area (TPSA) is 47.8 Å². The summed E-state index contributed by atoms with van der Waals surface area (Å²) in [6, 6.07) is 2.14. The minimum atomic E-state index is 0.202.